The molecule has 120 valence electrons. The first kappa shape index (κ1) is 15.8. The highest BCUT2D eigenvalue weighted by Gasteiger charge is 2.19. The van der Waals surface area contributed by atoms with Crippen molar-refractivity contribution in [2.24, 2.45) is 0 Å². The molecule has 1 fully saturated rings. The van der Waals surface area contributed by atoms with Gasteiger partial charge in [-0.15, -0.1) is 0 Å². The lowest BCUT2D eigenvalue weighted by Gasteiger charge is -2.16. The summed E-state index contributed by atoms with van der Waals surface area (Å²) < 4.78 is 0. The molecule has 0 unspecified atom stereocenters. The van der Waals surface area contributed by atoms with Crippen molar-refractivity contribution in [1.82, 2.24) is 9.88 Å². The van der Waals surface area contributed by atoms with E-state index in [4.69, 9.17) is 5.73 Å². The van der Waals surface area contributed by atoms with Gasteiger partial charge in [0, 0.05) is 12.1 Å². The number of nitriles is 2. The van der Waals surface area contributed by atoms with Gasteiger partial charge in [-0.1, -0.05) is 18.2 Å². The number of nitrogens with zero attached hydrogens (tertiary/aromatic N) is 3. The molecule has 3 rings (SSSR count). The van der Waals surface area contributed by atoms with Crippen molar-refractivity contribution in [2.75, 3.05) is 18.8 Å². The third-order valence-electron chi connectivity index (χ3n) is 4.29. The number of aromatic nitrogens is 1. The van der Waals surface area contributed by atoms with Crippen LogP contribution in [0.2, 0.25) is 0 Å². The number of benzene rings is 1. The standard InChI is InChI=1S/C18H17N5O/c19-9-14-16(15(10-20)18(24)22-17(14)21)13-5-3-4-12(8-13)11-23-6-1-2-7-23/h3-5,8H,1-2,6-7,11H2,(H3,21,22,24). The fourth-order valence-corrected chi connectivity index (χ4v) is 3.16. The van der Waals surface area contributed by atoms with Crippen LogP contribution in [0, 0.1) is 22.7 Å². The zero-order valence-electron chi connectivity index (χ0n) is 13.2. The van der Waals surface area contributed by atoms with E-state index in [-0.39, 0.29) is 16.9 Å². The van der Waals surface area contributed by atoms with E-state index in [1.54, 1.807) is 6.07 Å². The topological polar surface area (TPSA) is 110 Å². The second kappa shape index (κ2) is 6.57. The van der Waals surface area contributed by atoms with Crippen molar-refractivity contribution < 1.29 is 0 Å². The third-order valence-corrected chi connectivity index (χ3v) is 4.29. The molecule has 0 saturated carbocycles. The largest absolute Gasteiger partial charge is 0.384 e. The highest BCUT2D eigenvalue weighted by Crippen LogP contribution is 2.29. The molecule has 0 bridgehead atoms. The molecule has 0 amide bonds. The van der Waals surface area contributed by atoms with Crippen molar-refractivity contribution in [3.63, 3.8) is 0 Å². The van der Waals surface area contributed by atoms with Crippen LogP contribution in [0.25, 0.3) is 11.1 Å². The summed E-state index contributed by atoms with van der Waals surface area (Å²) in [6.45, 7) is 2.97. The highest BCUT2D eigenvalue weighted by molar-refractivity contribution is 5.80. The van der Waals surface area contributed by atoms with Crippen LogP contribution >= 0.6 is 0 Å². The quantitative estimate of drug-likeness (QED) is 0.898. The van der Waals surface area contributed by atoms with Gasteiger partial charge in [0.05, 0.1) is 0 Å². The van der Waals surface area contributed by atoms with Crippen LogP contribution < -0.4 is 11.3 Å². The van der Waals surface area contributed by atoms with Gasteiger partial charge in [0.2, 0.25) is 0 Å². The van der Waals surface area contributed by atoms with Gasteiger partial charge in [-0.25, -0.2) is 0 Å². The lowest BCUT2D eigenvalue weighted by Crippen LogP contribution is -2.18. The summed E-state index contributed by atoms with van der Waals surface area (Å²) in [4.78, 5) is 16.7. The summed E-state index contributed by atoms with van der Waals surface area (Å²) in [7, 11) is 0. The average molecular weight is 319 g/mol. The maximum absolute atomic E-state index is 12.0. The van der Waals surface area contributed by atoms with Crippen LogP contribution in [0.5, 0.6) is 0 Å². The number of aromatic amines is 1. The van der Waals surface area contributed by atoms with Crippen molar-refractivity contribution in [1.29, 1.82) is 10.5 Å². The molecule has 1 aliphatic rings. The Hall–Kier alpha value is -3.09. The van der Waals surface area contributed by atoms with E-state index in [1.807, 2.05) is 30.3 Å². The summed E-state index contributed by atoms with van der Waals surface area (Å²) in [6.07, 6.45) is 2.42. The molecule has 0 spiro atoms. The maximum Gasteiger partial charge on any atom is 0.268 e. The minimum absolute atomic E-state index is 0.0126. The molecule has 1 aliphatic heterocycles. The first-order valence-electron chi connectivity index (χ1n) is 7.81. The lowest BCUT2D eigenvalue weighted by molar-refractivity contribution is 0.331. The summed E-state index contributed by atoms with van der Waals surface area (Å²) in [5.41, 5.74) is 7.30. The van der Waals surface area contributed by atoms with E-state index in [0.29, 0.717) is 11.1 Å². The second-order valence-corrected chi connectivity index (χ2v) is 5.90. The number of hydrogen-bond acceptors (Lipinski definition) is 5. The van der Waals surface area contributed by atoms with Crippen molar-refractivity contribution >= 4 is 5.82 Å². The van der Waals surface area contributed by atoms with E-state index >= 15 is 0 Å². The third kappa shape index (κ3) is 2.88. The van der Waals surface area contributed by atoms with Crippen LogP contribution in [0.3, 0.4) is 0 Å². The summed E-state index contributed by atoms with van der Waals surface area (Å²) in [6, 6.07) is 11.5. The Morgan fingerprint density at radius 1 is 1.17 bits per heavy atom. The molecule has 0 aliphatic carbocycles. The predicted molar refractivity (Wildman–Crippen MR) is 90.9 cm³/mol. The molecule has 0 atom stereocenters. The van der Waals surface area contributed by atoms with Crippen LogP contribution in [0.15, 0.2) is 29.1 Å². The molecule has 1 aromatic carbocycles. The van der Waals surface area contributed by atoms with Crippen LogP contribution in [-0.2, 0) is 6.54 Å². The zero-order chi connectivity index (χ0) is 17.1. The smallest absolute Gasteiger partial charge is 0.268 e. The number of pyridine rings is 1. The monoisotopic (exact) mass is 319 g/mol. The predicted octanol–water partition coefficient (Wildman–Crippen LogP) is 1.96. The van der Waals surface area contributed by atoms with Crippen molar-refractivity contribution in [2.45, 2.75) is 19.4 Å². The Morgan fingerprint density at radius 3 is 2.54 bits per heavy atom. The molecular formula is C18H17N5O. The number of nitrogen functional groups attached to an aromatic ring is 1. The van der Waals surface area contributed by atoms with Crippen LogP contribution in [0.4, 0.5) is 5.82 Å². The number of rotatable bonds is 3. The van der Waals surface area contributed by atoms with E-state index in [2.05, 4.69) is 9.88 Å². The summed E-state index contributed by atoms with van der Waals surface area (Å²) in [5.74, 6) is -0.0126. The van der Waals surface area contributed by atoms with Crippen LogP contribution in [0.1, 0.15) is 29.5 Å². The first-order chi connectivity index (χ1) is 11.6. The fraction of sp³-hybridized carbons (Fsp3) is 0.278. The van der Waals surface area contributed by atoms with Gasteiger partial charge in [-0.2, -0.15) is 10.5 Å². The maximum atomic E-state index is 12.0. The molecule has 6 heteroatoms. The van der Waals surface area contributed by atoms with Crippen LogP contribution in [-0.4, -0.2) is 23.0 Å². The summed E-state index contributed by atoms with van der Waals surface area (Å²) >= 11 is 0. The first-order valence-corrected chi connectivity index (χ1v) is 7.81. The lowest BCUT2D eigenvalue weighted by atomic mass is 9.95. The normalized spacial score (nSPS) is 14.2. The Kier molecular flexibility index (Phi) is 4.33. The zero-order valence-corrected chi connectivity index (χ0v) is 13.2. The number of hydrogen-bond donors (Lipinski definition) is 2. The van der Waals surface area contributed by atoms with E-state index in [9.17, 15) is 15.3 Å². The van der Waals surface area contributed by atoms with E-state index < -0.39 is 5.56 Å². The average Bonchev–Trinajstić information content (AvgIpc) is 3.07. The van der Waals surface area contributed by atoms with Gasteiger partial charge in [0.1, 0.15) is 29.1 Å². The van der Waals surface area contributed by atoms with Gasteiger partial charge in [0.25, 0.3) is 5.56 Å². The molecule has 2 heterocycles. The Labute approximate surface area is 139 Å². The Morgan fingerprint density at radius 2 is 1.88 bits per heavy atom. The number of anilines is 1. The molecular weight excluding hydrogens is 302 g/mol. The minimum Gasteiger partial charge on any atom is -0.384 e. The van der Waals surface area contributed by atoms with E-state index in [1.165, 1.54) is 12.8 Å². The number of nitrogens with one attached hydrogen (secondary N) is 1. The number of likely N-dealkylation sites (tertiary alicyclic amines) is 1. The number of H-pyrrole nitrogens is 1. The highest BCUT2D eigenvalue weighted by atomic mass is 16.1. The molecule has 1 saturated heterocycles. The molecule has 3 N–H and O–H groups in total. The van der Waals surface area contributed by atoms with Crippen molar-refractivity contribution in [3.8, 4) is 23.3 Å². The summed E-state index contributed by atoms with van der Waals surface area (Å²) in [5, 5.41) is 18.7. The van der Waals surface area contributed by atoms with Gasteiger partial charge >= 0.3 is 0 Å². The molecule has 24 heavy (non-hydrogen) atoms. The SMILES string of the molecule is N#Cc1c(N)[nH]c(=O)c(C#N)c1-c1cccc(CN2CCCC2)c1. The molecule has 1 aromatic heterocycles. The molecule has 2 aromatic rings. The Bertz CT molecular complexity index is 910. The molecule has 6 nitrogen and oxygen atoms in total. The van der Waals surface area contributed by atoms with Gasteiger partial charge in [-0.3, -0.25) is 9.69 Å². The molecule has 0 radical (unpaired) electrons. The van der Waals surface area contributed by atoms with E-state index in [0.717, 1.165) is 25.2 Å². The second-order valence-electron chi connectivity index (χ2n) is 5.90. The fourth-order valence-electron chi connectivity index (χ4n) is 3.16. The van der Waals surface area contributed by atoms with Crippen molar-refractivity contribution in [3.05, 3.63) is 51.3 Å². The van der Waals surface area contributed by atoms with Gasteiger partial charge in [0.15, 0.2) is 0 Å². The van der Waals surface area contributed by atoms with Gasteiger partial charge < -0.3 is 10.7 Å². The van der Waals surface area contributed by atoms with Gasteiger partial charge in [-0.05, 0) is 43.1 Å². The Balaban J connectivity index is 2.11. The number of nitrogens with two attached hydrogens (primary N) is 1. The minimum atomic E-state index is -0.575.